The molecule has 0 fully saturated rings. The van der Waals surface area contributed by atoms with Gasteiger partial charge in [-0.25, -0.2) is 9.97 Å². The van der Waals surface area contributed by atoms with Gasteiger partial charge in [0.15, 0.2) is 0 Å². The van der Waals surface area contributed by atoms with Gasteiger partial charge in [0.1, 0.15) is 0 Å². The maximum absolute atomic E-state index is 5.27. The van der Waals surface area contributed by atoms with E-state index >= 15 is 0 Å². The zero-order valence-electron chi connectivity index (χ0n) is 30.7. The van der Waals surface area contributed by atoms with Crippen LogP contribution in [-0.4, -0.2) is 14.5 Å². The number of para-hydroxylation sites is 2. The first-order valence-corrected chi connectivity index (χ1v) is 19.6. The first-order chi connectivity index (χ1) is 28.3. The number of hydrogen-bond acceptors (Lipinski definition) is 2. The summed E-state index contributed by atoms with van der Waals surface area (Å²) in [6.07, 6.45) is 0. The number of aromatic nitrogens is 3. The second-order valence-corrected chi connectivity index (χ2v) is 15.3. The molecule has 0 radical (unpaired) electrons. The van der Waals surface area contributed by atoms with Crippen molar-refractivity contribution < 1.29 is 0 Å². The summed E-state index contributed by atoms with van der Waals surface area (Å²) in [6, 6.07) is 68.3. The highest BCUT2D eigenvalue weighted by molar-refractivity contribution is 6.38. The van der Waals surface area contributed by atoms with Crippen LogP contribution in [0.5, 0.6) is 0 Å². The Hall–Kier alpha value is -7.62. The summed E-state index contributed by atoms with van der Waals surface area (Å²) in [4.78, 5) is 10.5. The third-order valence-electron chi connectivity index (χ3n) is 12.3. The molecule has 0 aliphatic carbocycles. The third-order valence-corrected chi connectivity index (χ3v) is 12.3. The Bertz CT molecular complexity index is 3770. The zero-order chi connectivity index (χ0) is 37.2. The van der Waals surface area contributed by atoms with Gasteiger partial charge in [0, 0.05) is 27.6 Å². The van der Waals surface area contributed by atoms with E-state index in [0.717, 1.165) is 33.5 Å². The molecule has 0 spiro atoms. The van der Waals surface area contributed by atoms with Gasteiger partial charge in [0.05, 0.1) is 33.5 Å². The fourth-order valence-corrected chi connectivity index (χ4v) is 9.83. The molecule has 0 saturated carbocycles. The van der Waals surface area contributed by atoms with E-state index in [0.29, 0.717) is 0 Å². The highest BCUT2D eigenvalue weighted by Gasteiger charge is 2.22. The molecule has 262 valence electrons. The Balaban J connectivity index is 1.11. The predicted octanol–water partition coefficient (Wildman–Crippen LogP) is 14.4. The molecule has 0 N–H and O–H groups in total. The monoisotopic (exact) mass is 721 g/mol. The number of nitrogens with zero attached hydrogens (tertiary/aromatic N) is 3. The van der Waals surface area contributed by atoms with Gasteiger partial charge in [-0.05, 0) is 107 Å². The first kappa shape index (κ1) is 30.7. The summed E-state index contributed by atoms with van der Waals surface area (Å²) in [7, 11) is 0. The van der Waals surface area contributed by atoms with Gasteiger partial charge in [-0.2, -0.15) is 0 Å². The van der Waals surface area contributed by atoms with Crippen molar-refractivity contribution in [2.24, 2.45) is 0 Å². The van der Waals surface area contributed by atoms with E-state index in [-0.39, 0.29) is 0 Å². The van der Waals surface area contributed by atoms with Crippen LogP contribution in [-0.2, 0) is 0 Å². The summed E-state index contributed by atoms with van der Waals surface area (Å²) in [6.45, 7) is 0. The number of hydrogen-bond donors (Lipinski definition) is 0. The minimum absolute atomic E-state index is 0.888. The van der Waals surface area contributed by atoms with Crippen LogP contribution in [0.2, 0.25) is 0 Å². The molecule has 0 aliphatic rings. The lowest BCUT2D eigenvalue weighted by molar-refractivity contribution is 1.19. The Morgan fingerprint density at radius 2 is 0.807 bits per heavy atom. The summed E-state index contributed by atoms with van der Waals surface area (Å²) in [5, 5.41) is 17.8. The maximum Gasteiger partial charge on any atom is 0.0973 e. The van der Waals surface area contributed by atoms with Gasteiger partial charge < -0.3 is 4.57 Å². The largest absolute Gasteiger partial charge is 0.309 e. The van der Waals surface area contributed by atoms with Crippen molar-refractivity contribution in [3.63, 3.8) is 0 Å². The van der Waals surface area contributed by atoms with E-state index in [9.17, 15) is 0 Å². The smallest absolute Gasteiger partial charge is 0.0973 e. The number of rotatable bonds is 3. The molecule has 0 unspecified atom stereocenters. The van der Waals surface area contributed by atoms with Crippen molar-refractivity contribution in [3.8, 4) is 28.2 Å². The van der Waals surface area contributed by atoms with Crippen molar-refractivity contribution >= 4 is 97.5 Å². The predicted molar refractivity (Wildman–Crippen MR) is 241 cm³/mol. The van der Waals surface area contributed by atoms with Crippen LogP contribution in [0.1, 0.15) is 0 Å². The van der Waals surface area contributed by atoms with Gasteiger partial charge >= 0.3 is 0 Å². The van der Waals surface area contributed by atoms with Gasteiger partial charge in [-0.1, -0.05) is 146 Å². The summed E-state index contributed by atoms with van der Waals surface area (Å²) < 4.78 is 2.48. The van der Waals surface area contributed by atoms with Gasteiger partial charge in [-0.15, -0.1) is 0 Å². The SMILES string of the molecule is c1ccc(-c2nc3ccccc3nc2-c2ccc3ccc4c5cccc6c5c5c(cccc5n6-c5ccc6c7ccccc7c7ccccc7c6c5)c4c3c2)cc1. The second-order valence-electron chi connectivity index (χ2n) is 15.3. The Morgan fingerprint density at radius 3 is 1.51 bits per heavy atom. The van der Waals surface area contributed by atoms with E-state index in [2.05, 4.69) is 168 Å². The van der Waals surface area contributed by atoms with E-state index in [1.807, 2.05) is 24.3 Å². The minimum Gasteiger partial charge on any atom is -0.309 e. The molecule has 0 aliphatic heterocycles. The molecule has 13 rings (SSSR count). The third kappa shape index (κ3) is 4.26. The standard InChI is InChI=1S/C54H31N3/c1-2-12-33(13-3-1)53-54(56-47-21-9-8-20-46(47)55-53)34-25-24-32-26-28-42-41-18-10-22-48-51(41)52-43(50(42)44(32)30-34)19-11-23-49(52)57(48)35-27-29-40-38-16-5-4-14-36(38)37-15-6-7-17-39(37)45(40)31-35/h1-31H. The molecule has 3 heteroatoms. The van der Waals surface area contributed by atoms with Crippen LogP contribution < -0.4 is 0 Å². The van der Waals surface area contributed by atoms with Gasteiger partial charge in [0.25, 0.3) is 0 Å². The quantitative estimate of drug-likeness (QED) is 0.170. The fourth-order valence-electron chi connectivity index (χ4n) is 9.83. The average molecular weight is 722 g/mol. The lowest BCUT2D eigenvalue weighted by Crippen LogP contribution is -1.95. The van der Waals surface area contributed by atoms with Crippen LogP contribution in [0.25, 0.3) is 126 Å². The summed E-state index contributed by atoms with van der Waals surface area (Å²) in [5.74, 6) is 0. The molecule has 2 aromatic heterocycles. The molecule has 2 heterocycles. The topological polar surface area (TPSA) is 30.7 Å². The molecule has 11 aromatic carbocycles. The molecule has 3 nitrogen and oxygen atoms in total. The number of benzene rings is 11. The molecule has 57 heavy (non-hydrogen) atoms. The van der Waals surface area contributed by atoms with Crippen LogP contribution in [0.15, 0.2) is 188 Å². The van der Waals surface area contributed by atoms with E-state index in [1.54, 1.807) is 0 Å². The van der Waals surface area contributed by atoms with Crippen LogP contribution in [0, 0.1) is 0 Å². The highest BCUT2D eigenvalue weighted by atomic mass is 15.0. The number of fused-ring (bicyclic) bond motifs is 12. The van der Waals surface area contributed by atoms with Crippen LogP contribution >= 0.6 is 0 Å². The highest BCUT2D eigenvalue weighted by Crippen LogP contribution is 2.47. The second kappa shape index (κ2) is 11.5. The van der Waals surface area contributed by atoms with E-state index < -0.39 is 0 Å². The van der Waals surface area contributed by atoms with Gasteiger partial charge in [-0.3, -0.25) is 0 Å². The lowest BCUT2D eigenvalue weighted by atomic mass is 9.90. The van der Waals surface area contributed by atoms with Gasteiger partial charge in [0.2, 0.25) is 0 Å². The van der Waals surface area contributed by atoms with Crippen molar-refractivity contribution in [3.05, 3.63) is 188 Å². The molecular weight excluding hydrogens is 691 g/mol. The first-order valence-electron chi connectivity index (χ1n) is 19.6. The lowest BCUT2D eigenvalue weighted by Gasteiger charge is -2.14. The maximum atomic E-state index is 5.27. The van der Waals surface area contributed by atoms with Crippen molar-refractivity contribution in [2.75, 3.05) is 0 Å². The summed E-state index contributed by atoms with van der Waals surface area (Å²) >= 11 is 0. The van der Waals surface area contributed by atoms with E-state index in [1.165, 1.54) is 92.1 Å². The minimum atomic E-state index is 0.888. The Morgan fingerprint density at radius 1 is 0.298 bits per heavy atom. The fraction of sp³-hybridized carbons (Fsp3) is 0. The molecule has 0 saturated heterocycles. The normalized spacial score (nSPS) is 12.2. The van der Waals surface area contributed by atoms with Crippen molar-refractivity contribution in [1.82, 2.24) is 14.5 Å². The van der Waals surface area contributed by atoms with Crippen LogP contribution in [0.3, 0.4) is 0 Å². The molecule has 0 amide bonds. The van der Waals surface area contributed by atoms with Crippen LogP contribution in [0.4, 0.5) is 0 Å². The molecule has 13 aromatic rings. The zero-order valence-corrected chi connectivity index (χ0v) is 30.7. The Labute approximate surface area is 327 Å². The molecule has 0 bridgehead atoms. The summed E-state index contributed by atoms with van der Waals surface area (Å²) in [5.41, 5.74) is 9.26. The molecule has 0 atom stereocenters. The average Bonchev–Trinajstić information content (AvgIpc) is 3.63. The molecular formula is C54H31N3. The van der Waals surface area contributed by atoms with Crippen molar-refractivity contribution in [1.29, 1.82) is 0 Å². The van der Waals surface area contributed by atoms with Crippen molar-refractivity contribution in [2.45, 2.75) is 0 Å². The Kier molecular flexibility index (Phi) is 6.16. The van der Waals surface area contributed by atoms with E-state index in [4.69, 9.17) is 9.97 Å².